The molecule has 35 heavy (non-hydrogen) atoms. The summed E-state index contributed by atoms with van der Waals surface area (Å²) in [6, 6.07) is 16.2. The first-order valence-corrected chi connectivity index (χ1v) is 11.9. The van der Waals surface area contributed by atoms with Crippen molar-refractivity contribution < 1.29 is 18.6 Å². The van der Waals surface area contributed by atoms with Crippen LogP contribution >= 0.6 is 11.6 Å². The van der Waals surface area contributed by atoms with E-state index in [-0.39, 0.29) is 18.3 Å². The molecule has 8 nitrogen and oxygen atoms in total. The van der Waals surface area contributed by atoms with Gasteiger partial charge in [0.1, 0.15) is 11.9 Å². The highest BCUT2D eigenvalue weighted by Crippen LogP contribution is 2.35. The molecule has 2 N–H and O–H groups in total. The topological polar surface area (TPSA) is 98.2 Å². The molecule has 3 aromatic heterocycles. The van der Waals surface area contributed by atoms with Gasteiger partial charge in [0.05, 0.1) is 28.8 Å². The Morgan fingerprint density at radius 2 is 1.86 bits per heavy atom. The molecule has 2 aliphatic heterocycles. The lowest BCUT2D eigenvalue weighted by Crippen LogP contribution is -2.32. The van der Waals surface area contributed by atoms with Gasteiger partial charge in [-0.15, -0.1) is 0 Å². The number of rotatable bonds is 5. The molecule has 3 atom stereocenters. The van der Waals surface area contributed by atoms with Crippen LogP contribution in [0.3, 0.4) is 0 Å². The summed E-state index contributed by atoms with van der Waals surface area (Å²) in [4.78, 5) is 15.1. The summed E-state index contributed by atoms with van der Waals surface area (Å²) in [5, 5.41) is 0.627. The van der Waals surface area contributed by atoms with E-state index in [4.69, 9.17) is 30.2 Å². The Morgan fingerprint density at radius 3 is 2.71 bits per heavy atom. The number of hydrogen-bond donors (Lipinski definition) is 2. The number of fused-ring (bicyclic) bond motifs is 2. The first kappa shape index (κ1) is 20.8. The minimum atomic E-state index is -0.166. The van der Waals surface area contributed by atoms with E-state index in [1.807, 2.05) is 48.5 Å². The monoisotopic (exact) mass is 488 g/mol. The fourth-order valence-electron chi connectivity index (χ4n) is 4.79. The van der Waals surface area contributed by atoms with Crippen molar-refractivity contribution in [2.75, 3.05) is 13.2 Å². The molecule has 9 heteroatoms. The molecule has 176 valence electrons. The van der Waals surface area contributed by atoms with Crippen molar-refractivity contribution in [2.24, 2.45) is 0 Å². The lowest BCUT2D eigenvalue weighted by atomic mass is 10.0. The smallest absolute Gasteiger partial charge is 0.295 e. The molecular formula is C26H21ClN4O4. The molecule has 0 radical (unpaired) electrons. The van der Waals surface area contributed by atoms with Crippen LogP contribution in [0.1, 0.15) is 6.42 Å². The van der Waals surface area contributed by atoms with Gasteiger partial charge in [-0.2, -0.15) is 4.98 Å². The van der Waals surface area contributed by atoms with Crippen molar-refractivity contribution in [2.45, 2.75) is 24.7 Å². The lowest BCUT2D eigenvalue weighted by Gasteiger charge is -2.15. The molecule has 2 saturated heterocycles. The zero-order valence-electron chi connectivity index (χ0n) is 18.5. The first-order chi connectivity index (χ1) is 17.2. The van der Waals surface area contributed by atoms with E-state index in [0.717, 1.165) is 39.9 Å². The summed E-state index contributed by atoms with van der Waals surface area (Å²) >= 11 is 6.65. The highest BCUT2D eigenvalue weighted by atomic mass is 35.5. The SMILES string of the molecule is Clc1cc2[nH]c(OC3COC4CCOC43)nc2cc1-c1ccc(-c2ccc(-c3ncc[nH]3)o2)cc1. The van der Waals surface area contributed by atoms with Crippen LogP contribution in [-0.2, 0) is 9.47 Å². The number of hydrogen-bond acceptors (Lipinski definition) is 6. The van der Waals surface area contributed by atoms with E-state index < -0.39 is 0 Å². The zero-order valence-corrected chi connectivity index (χ0v) is 19.3. The molecule has 7 rings (SSSR count). The van der Waals surface area contributed by atoms with Gasteiger partial charge in [0.25, 0.3) is 6.01 Å². The number of nitrogens with zero attached hydrogens (tertiary/aromatic N) is 2. The van der Waals surface area contributed by atoms with Gasteiger partial charge in [-0.05, 0) is 36.2 Å². The summed E-state index contributed by atoms with van der Waals surface area (Å²) in [6.45, 7) is 1.21. The number of H-pyrrole nitrogens is 2. The van der Waals surface area contributed by atoms with Gasteiger partial charge in [0.2, 0.25) is 0 Å². The predicted molar refractivity (Wildman–Crippen MR) is 130 cm³/mol. The maximum Gasteiger partial charge on any atom is 0.295 e. The maximum atomic E-state index is 6.65. The number of furan rings is 1. The normalized spacial score (nSPS) is 21.6. The van der Waals surface area contributed by atoms with Crippen molar-refractivity contribution >= 4 is 22.6 Å². The third-order valence-electron chi connectivity index (χ3n) is 6.55. The molecular weight excluding hydrogens is 468 g/mol. The van der Waals surface area contributed by atoms with Gasteiger partial charge in [-0.3, -0.25) is 0 Å². The molecule has 0 saturated carbocycles. The molecule has 3 unspecified atom stereocenters. The number of nitrogens with one attached hydrogen (secondary N) is 2. The molecule has 0 spiro atoms. The van der Waals surface area contributed by atoms with Crippen molar-refractivity contribution in [1.29, 1.82) is 0 Å². The standard InChI is InChI=1S/C26H21ClN4O4/c27-17-12-19-18(30-26(31-19)35-23-13-33-21-7-10-32-24(21)23)11-16(17)14-1-3-15(4-2-14)20-5-6-22(34-20)25-28-8-9-29-25/h1-6,8-9,11-12,21,23-24H,7,10,13H2,(H,28,29)(H,30,31). The number of benzene rings is 2. The average molecular weight is 489 g/mol. The van der Waals surface area contributed by atoms with E-state index in [0.29, 0.717) is 35.8 Å². The van der Waals surface area contributed by atoms with Gasteiger partial charge < -0.3 is 28.6 Å². The van der Waals surface area contributed by atoms with E-state index in [9.17, 15) is 0 Å². The number of aromatic nitrogens is 4. The summed E-state index contributed by atoms with van der Waals surface area (Å²) in [6.07, 6.45) is 4.29. The van der Waals surface area contributed by atoms with Gasteiger partial charge in [0.15, 0.2) is 17.7 Å². The van der Waals surface area contributed by atoms with E-state index in [1.165, 1.54) is 0 Å². The number of ether oxygens (including phenoxy) is 3. The number of imidazole rings is 2. The third-order valence-corrected chi connectivity index (χ3v) is 6.86. The van der Waals surface area contributed by atoms with Gasteiger partial charge >= 0.3 is 0 Å². The van der Waals surface area contributed by atoms with Gasteiger partial charge in [-0.1, -0.05) is 35.9 Å². The fraction of sp³-hybridized carbons (Fsp3) is 0.231. The Hall–Kier alpha value is -3.59. The Bertz CT molecular complexity index is 1490. The molecule has 2 aliphatic rings. The quantitative estimate of drug-likeness (QED) is 0.340. The summed E-state index contributed by atoms with van der Waals surface area (Å²) in [7, 11) is 0. The van der Waals surface area contributed by atoms with Crippen LogP contribution in [0.15, 0.2) is 65.3 Å². The first-order valence-electron chi connectivity index (χ1n) is 11.5. The largest absolute Gasteiger partial charge is 0.456 e. The van der Waals surface area contributed by atoms with Crippen LogP contribution < -0.4 is 4.74 Å². The second-order valence-electron chi connectivity index (χ2n) is 8.72. The Labute approximate surface area is 205 Å². The van der Waals surface area contributed by atoms with Crippen LogP contribution in [0.5, 0.6) is 6.01 Å². The molecule has 2 aromatic carbocycles. The minimum Gasteiger partial charge on any atom is -0.456 e. The summed E-state index contributed by atoms with van der Waals surface area (Å²) < 4.78 is 23.6. The molecule has 0 bridgehead atoms. The predicted octanol–water partition coefficient (Wildman–Crippen LogP) is 5.47. The summed E-state index contributed by atoms with van der Waals surface area (Å²) in [5.74, 6) is 2.16. The van der Waals surface area contributed by atoms with Crippen LogP contribution in [0.25, 0.3) is 45.1 Å². The molecule has 5 heterocycles. The highest BCUT2D eigenvalue weighted by Gasteiger charge is 2.43. The van der Waals surface area contributed by atoms with Gasteiger partial charge in [0, 0.05) is 30.1 Å². The average Bonchev–Trinajstić information content (AvgIpc) is 3.69. The van der Waals surface area contributed by atoms with E-state index in [1.54, 1.807) is 12.4 Å². The third kappa shape index (κ3) is 3.70. The Kier molecular flexibility index (Phi) is 4.90. The van der Waals surface area contributed by atoms with Crippen molar-refractivity contribution in [3.63, 3.8) is 0 Å². The lowest BCUT2D eigenvalue weighted by molar-refractivity contribution is 0.0273. The van der Waals surface area contributed by atoms with E-state index >= 15 is 0 Å². The fourth-order valence-corrected chi connectivity index (χ4v) is 5.07. The molecule has 5 aromatic rings. The maximum absolute atomic E-state index is 6.65. The Morgan fingerprint density at radius 1 is 1.00 bits per heavy atom. The van der Waals surface area contributed by atoms with Crippen LogP contribution in [-0.4, -0.2) is 51.5 Å². The van der Waals surface area contributed by atoms with Crippen molar-refractivity contribution in [1.82, 2.24) is 19.9 Å². The minimum absolute atomic E-state index is 0.0369. The van der Waals surface area contributed by atoms with E-state index in [2.05, 4.69) is 19.9 Å². The van der Waals surface area contributed by atoms with Crippen molar-refractivity contribution in [3.05, 3.63) is 65.9 Å². The summed E-state index contributed by atoms with van der Waals surface area (Å²) in [5.41, 5.74) is 4.43. The van der Waals surface area contributed by atoms with Crippen molar-refractivity contribution in [3.8, 4) is 40.0 Å². The Balaban J connectivity index is 1.14. The zero-order chi connectivity index (χ0) is 23.4. The molecule has 0 amide bonds. The van der Waals surface area contributed by atoms with Crippen LogP contribution in [0.2, 0.25) is 5.02 Å². The second-order valence-corrected chi connectivity index (χ2v) is 9.13. The molecule has 0 aliphatic carbocycles. The van der Waals surface area contributed by atoms with Crippen LogP contribution in [0, 0.1) is 0 Å². The van der Waals surface area contributed by atoms with Gasteiger partial charge in [-0.25, -0.2) is 4.98 Å². The molecule has 2 fully saturated rings. The number of aromatic amines is 2. The number of halogens is 1. The van der Waals surface area contributed by atoms with Crippen LogP contribution in [0.4, 0.5) is 0 Å². The second kappa shape index (κ2) is 8.27. The highest BCUT2D eigenvalue weighted by molar-refractivity contribution is 6.34.